The van der Waals surface area contributed by atoms with Crippen LogP contribution in [0.3, 0.4) is 0 Å². The number of carbonyl (C=O) groups excluding carboxylic acids is 1. The average molecular weight is 439 g/mol. The molecular formula is C21H18N4O3S2. The normalized spacial score (nSPS) is 11.0. The van der Waals surface area contributed by atoms with E-state index < -0.39 is 11.2 Å². The molecule has 0 fully saturated rings. The molecule has 2 aromatic heterocycles. The molecule has 0 saturated carbocycles. The second-order valence-corrected chi connectivity index (χ2v) is 8.65. The summed E-state index contributed by atoms with van der Waals surface area (Å²) in [5.74, 6) is -0.377. The predicted octanol–water partition coefficient (Wildman–Crippen LogP) is 3.28. The number of anilines is 1. The Labute approximate surface area is 180 Å². The van der Waals surface area contributed by atoms with Crippen LogP contribution in [0.2, 0.25) is 0 Å². The number of aromatic nitrogens is 3. The lowest BCUT2D eigenvalue weighted by Crippen LogP contribution is -2.40. The molecule has 7 nitrogen and oxygen atoms in total. The van der Waals surface area contributed by atoms with Gasteiger partial charge in [-0.25, -0.2) is 14.3 Å². The van der Waals surface area contributed by atoms with Crippen LogP contribution >= 0.6 is 23.1 Å². The number of nitrogens with zero attached hydrogens (tertiary/aromatic N) is 3. The third-order valence-corrected chi connectivity index (χ3v) is 6.51. The van der Waals surface area contributed by atoms with Gasteiger partial charge in [0, 0.05) is 5.69 Å². The molecule has 2 heterocycles. The highest BCUT2D eigenvalue weighted by Gasteiger charge is 2.20. The molecule has 4 rings (SSSR count). The lowest BCUT2D eigenvalue weighted by molar-refractivity contribution is -0.116. The van der Waals surface area contributed by atoms with E-state index in [4.69, 9.17) is 0 Å². The Bertz CT molecular complexity index is 1340. The molecule has 0 aliphatic carbocycles. The van der Waals surface area contributed by atoms with E-state index >= 15 is 0 Å². The van der Waals surface area contributed by atoms with Crippen LogP contribution < -0.4 is 16.6 Å². The average Bonchev–Trinajstić information content (AvgIpc) is 3.18. The van der Waals surface area contributed by atoms with E-state index in [2.05, 4.69) is 10.3 Å². The van der Waals surface area contributed by atoms with Crippen molar-refractivity contribution in [2.45, 2.75) is 17.8 Å². The largest absolute Gasteiger partial charge is 0.337 e. The lowest BCUT2D eigenvalue weighted by atomic mass is 10.2. The summed E-state index contributed by atoms with van der Waals surface area (Å²) in [5, 5.41) is 2.77. The van der Waals surface area contributed by atoms with Crippen LogP contribution in [-0.2, 0) is 11.3 Å². The smallest absolute Gasteiger partial charge is 0.325 e. The minimum absolute atomic E-state index is 0.228. The summed E-state index contributed by atoms with van der Waals surface area (Å²) in [4.78, 5) is 43.4. The predicted molar refractivity (Wildman–Crippen MR) is 121 cm³/mol. The molecule has 152 valence electrons. The van der Waals surface area contributed by atoms with Crippen molar-refractivity contribution in [3.05, 3.63) is 81.0 Å². The van der Waals surface area contributed by atoms with Gasteiger partial charge in [-0.1, -0.05) is 47.7 Å². The molecule has 0 bridgehead atoms. The van der Waals surface area contributed by atoms with E-state index in [-0.39, 0.29) is 18.1 Å². The SMILES string of the molecule is CSc1nc2c(s1)c(=O)n(-c1ccc(C)cc1)c(=O)n2CC(=O)Nc1ccccc1. The van der Waals surface area contributed by atoms with Crippen molar-refractivity contribution in [1.29, 1.82) is 0 Å². The van der Waals surface area contributed by atoms with Crippen LogP contribution in [0.15, 0.2) is 68.5 Å². The second-order valence-electron chi connectivity index (χ2n) is 6.60. The summed E-state index contributed by atoms with van der Waals surface area (Å²) < 4.78 is 3.35. The maximum Gasteiger partial charge on any atom is 0.337 e. The molecule has 0 saturated heterocycles. The number of amides is 1. The van der Waals surface area contributed by atoms with E-state index in [0.717, 1.165) is 10.1 Å². The van der Waals surface area contributed by atoms with Crippen LogP contribution in [0.1, 0.15) is 5.56 Å². The quantitative estimate of drug-likeness (QED) is 0.483. The first-order valence-electron chi connectivity index (χ1n) is 9.10. The fourth-order valence-corrected chi connectivity index (χ4v) is 4.53. The maximum absolute atomic E-state index is 13.3. The Morgan fingerprint density at radius 3 is 2.47 bits per heavy atom. The van der Waals surface area contributed by atoms with Crippen molar-refractivity contribution in [2.75, 3.05) is 11.6 Å². The number of carbonyl (C=O) groups is 1. The number of thiazole rings is 1. The van der Waals surface area contributed by atoms with Crippen molar-refractivity contribution in [1.82, 2.24) is 14.1 Å². The summed E-state index contributed by atoms with van der Waals surface area (Å²) in [6.45, 7) is 1.67. The molecule has 4 aromatic rings. The molecule has 0 unspecified atom stereocenters. The van der Waals surface area contributed by atoms with Gasteiger partial charge in [-0.2, -0.15) is 0 Å². The zero-order chi connectivity index (χ0) is 21.3. The van der Waals surface area contributed by atoms with E-state index in [1.54, 1.807) is 24.3 Å². The van der Waals surface area contributed by atoms with Gasteiger partial charge < -0.3 is 5.32 Å². The number of fused-ring (bicyclic) bond motifs is 1. The van der Waals surface area contributed by atoms with Crippen LogP contribution in [0.25, 0.3) is 16.0 Å². The van der Waals surface area contributed by atoms with Crippen molar-refractivity contribution in [3.8, 4) is 5.69 Å². The minimum atomic E-state index is -0.600. The highest BCUT2D eigenvalue weighted by atomic mass is 32.2. The maximum atomic E-state index is 13.3. The molecule has 2 aromatic carbocycles. The molecule has 1 amide bonds. The second kappa shape index (κ2) is 8.29. The highest BCUT2D eigenvalue weighted by molar-refractivity contribution is 8.00. The molecule has 9 heteroatoms. The molecule has 1 N–H and O–H groups in total. The number of thioether (sulfide) groups is 1. The summed E-state index contributed by atoms with van der Waals surface area (Å²) in [5.41, 5.74) is 1.29. The van der Waals surface area contributed by atoms with Crippen molar-refractivity contribution >= 4 is 45.0 Å². The Hall–Kier alpha value is -3.17. The summed E-state index contributed by atoms with van der Waals surface area (Å²) in [7, 11) is 0. The van der Waals surface area contributed by atoms with Crippen LogP contribution in [0.5, 0.6) is 0 Å². The van der Waals surface area contributed by atoms with Crippen LogP contribution in [0.4, 0.5) is 5.69 Å². The van der Waals surface area contributed by atoms with Crippen molar-refractivity contribution in [3.63, 3.8) is 0 Å². The molecule has 30 heavy (non-hydrogen) atoms. The molecule has 0 aliphatic rings. The minimum Gasteiger partial charge on any atom is -0.325 e. The molecule has 0 spiro atoms. The third-order valence-electron chi connectivity index (χ3n) is 4.49. The molecule has 0 aliphatic heterocycles. The van der Waals surface area contributed by atoms with Gasteiger partial charge in [-0.3, -0.25) is 14.2 Å². The number of rotatable bonds is 5. The van der Waals surface area contributed by atoms with Gasteiger partial charge in [0.1, 0.15) is 11.2 Å². The number of hydrogen-bond donors (Lipinski definition) is 1. The van der Waals surface area contributed by atoms with Gasteiger partial charge in [0.25, 0.3) is 5.56 Å². The molecule has 0 radical (unpaired) electrons. The van der Waals surface area contributed by atoms with Crippen molar-refractivity contribution < 1.29 is 4.79 Å². The van der Waals surface area contributed by atoms with Gasteiger partial charge >= 0.3 is 5.69 Å². The first-order valence-corrected chi connectivity index (χ1v) is 11.1. The zero-order valence-electron chi connectivity index (χ0n) is 16.3. The van der Waals surface area contributed by atoms with E-state index in [9.17, 15) is 14.4 Å². The van der Waals surface area contributed by atoms with E-state index in [1.807, 2.05) is 43.5 Å². The Morgan fingerprint density at radius 1 is 1.10 bits per heavy atom. The Balaban J connectivity index is 1.86. The van der Waals surface area contributed by atoms with Gasteiger partial charge in [-0.15, -0.1) is 11.3 Å². The summed E-state index contributed by atoms with van der Waals surface area (Å²) in [6, 6.07) is 16.1. The van der Waals surface area contributed by atoms with E-state index in [0.29, 0.717) is 20.4 Å². The monoisotopic (exact) mass is 438 g/mol. The third kappa shape index (κ3) is 3.81. The van der Waals surface area contributed by atoms with Crippen LogP contribution in [-0.4, -0.2) is 26.3 Å². The fourth-order valence-electron chi connectivity index (χ4n) is 3.03. The Kier molecular flexibility index (Phi) is 5.56. The number of benzene rings is 2. The lowest BCUT2D eigenvalue weighted by Gasteiger charge is -2.12. The number of nitrogens with one attached hydrogen (secondary N) is 1. The van der Waals surface area contributed by atoms with Gasteiger partial charge in [0.2, 0.25) is 5.91 Å². The number of hydrogen-bond acceptors (Lipinski definition) is 6. The molecule has 0 atom stereocenters. The number of para-hydroxylation sites is 1. The first kappa shape index (κ1) is 20.1. The standard InChI is InChI=1S/C21H18N4O3S2/c1-13-8-10-15(11-9-13)25-19(27)17-18(23-20(29-2)30-17)24(21(25)28)12-16(26)22-14-6-4-3-5-7-14/h3-11H,12H2,1-2H3,(H,22,26). The first-order chi connectivity index (χ1) is 14.5. The topological polar surface area (TPSA) is 86.0 Å². The van der Waals surface area contributed by atoms with Gasteiger partial charge in [0.05, 0.1) is 5.69 Å². The van der Waals surface area contributed by atoms with E-state index in [1.165, 1.54) is 27.7 Å². The zero-order valence-corrected chi connectivity index (χ0v) is 17.9. The fraction of sp³-hybridized carbons (Fsp3) is 0.143. The highest BCUT2D eigenvalue weighted by Crippen LogP contribution is 2.25. The van der Waals surface area contributed by atoms with Gasteiger partial charge in [0.15, 0.2) is 9.99 Å². The van der Waals surface area contributed by atoms with Gasteiger partial charge in [-0.05, 0) is 37.4 Å². The van der Waals surface area contributed by atoms with Crippen LogP contribution in [0, 0.1) is 6.92 Å². The molecular weight excluding hydrogens is 420 g/mol. The summed E-state index contributed by atoms with van der Waals surface area (Å²) in [6.07, 6.45) is 1.85. The number of aryl methyl sites for hydroxylation is 1. The van der Waals surface area contributed by atoms with Crippen molar-refractivity contribution in [2.24, 2.45) is 0 Å². The summed E-state index contributed by atoms with van der Waals surface area (Å²) >= 11 is 2.60. The Morgan fingerprint density at radius 2 is 1.80 bits per heavy atom.